The van der Waals surface area contributed by atoms with Crippen LogP contribution in [0.25, 0.3) is 0 Å². The summed E-state index contributed by atoms with van der Waals surface area (Å²) in [6.45, 7) is 14.4. The first-order chi connectivity index (χ1) is 20.4. The molecule has 0 radical (unpaired) electrons. The van der Waals surface area contributed by atoms with E-state index in [4.69, 9.17) is 16.3 Å². The molecule has 0 unspecified atom stereocenters. The number of ether oxygens (including phenoxy) is 1. The van der Waals surface area contributed by atoms with Crippen molar-refractivity contribution in [2.24, 2.45) is 21.7 Å². The maximum Gasteiger partial charge on any atom is 0.228 e. The van der Waals surface area contributed by atoms with E-state index in [9.17, 15) is 14.9 Å². The first kappa shape index (κ1) is 30.7. The lowest BCUT2D eigenvalue weighted by molar-refractivity contribution is -0.181. The summed E-state index contributed by atoms with van der Waals surface area (Å²) in [6, 6.07) is 7.86. The molecule has 4 aliphatic carbocycles. The van der Waals surface area contributed by atoms with Gasteiger partial charge >= 0.3 is 0 Å². The van der Waals surface area contributed by atoms with Crippen molar-refractivity contribution in [3.63, 3.8) is 0 Å². The summed E-state index contributed by atoms with van der Waals surface area (Å²) in [5.74, 6) is 1.12. The highest BCUT2D eigenvalue weighted by Crippen LogP contribution is 2.60. The van der Waals surface area contributed by atoms with Gasteiger partial charge in [-0.25, -0.2) is 0 Å². The second-order valence-electron chi connectivity index (χ2n) is 15.2. The lowest BCUT2D eigenvalue weighted by Gasteiger charge is -2.64. The minimum absolute atomic E-state index is 0.0489. The predicted molar refractivity (Wildman–Crippen MR) is 167 cm³/mol. The van der Waals surface area contributed by atoms with Crippen LogP contribution in [0.1, 0.15) is 84.6 Å². The number of amides is 2. The van der Waals surface area contributed by atoms with E-state index in [1.165, 1.54) is 12.8 Å². The number of hydrogen-bond acceptors (Lipinski definition) is 6. The summed E-state index contributed by atoms with van der Waals surface area (Å²) >= 11 is 6.26. The van der Waals surface area contributed by atoms with Crippen molar-refractivity contribution in [1.82, 2.24) is 20.4 Å². The van der Waals surface area contributed by atoms with Crippen molar-refractivity contribution in [2.45, 2.75) is 97.2 Å². The van der Waals surface area contributed by atoms with Crippen molar-refractivity contribution >= 4 is 23.4 Å². The number of hydrogen-bond donors (Lipinski definition) is 2. The smallest absolute Gasteiger partial charge is 0.228 e. The van der Waals surface area contributed by atoms with Gasteiger partial charge in [0.15, 0.2) is 0 Å². The van der Waals surface area contributed by atoms with Crippen LogP contribution >= 0.6 is 11.6 Å². The number of benzene rings is 1. The van der Waals surface area contributed by atoms with Gasteiger partial charge in [-0.3, -0.25) is 14.5 Å². The molecule has 9 heteroatoms. The van der Waals surface area contributed by atoms with Gasteiger partial charge in [-0.1, -0.05) is 39.3 Å². The number of halogens is 1. The molecule has 1 aromatic carbocycles. The molecule has 2 aliphatic heterocycles. The average molecular weight is 610 g/mol. The summed E-state index contributed by atoms with van der Waals surface area (Å²) in [5, 5.41) is 16.5. The zero-order valence-electron chi connectivity index (χ0n) is 26.3. The zero-order chi connectivity index (χ0) is 30.6. The van der Waals surface area contributed by atoms with Gasteiger partial charge in [0.1, 0.15) is 17.9 Å². The summed E-state index contributed by atoms with van der Waals surface area (Å²) in [7, 11) is 0. The fourth-order valence-corrected chi connectivity index (χ4v) is 9.74. The molecule has 6 fully saturated rings. The average Bonchev–Trinajstić information content (AvgIpc) is 3.03. The fraction of sp³-hybridized carbons (Fsp3) is 0.735. The first-order valence-corrected chi connectivity index (χ1v) is 16.7. The van der Waals surface area contributed by atoms with E-state index in [1.54, 1.807) is 18.2 Å². The molecule has 2 N–H and O–H groups in total. The molecule has 234 valence electrons. The van der Waals surface area contributed by atoms with Crippen LogP contribution in [0, 0.1) is 33.0 Å². The van der Waals surface area contributed by atoms with Crippen LogP contribution in [0.3, 0.4) is 0 Å². The van der Waals surface area contributed by atoms with Crippen LogP contribution in [0.15, 0.2) is 18.2 Å². The molecule has 8 nitrogen and oxygen atoms in total. The van der Waals surface area contributed by atoms with E-state index in [0.29, 0.717) is 28.3 Å². The Bertz CT molecular complexity index is 1250. The number of piperazine rings is 1. The molecule has 0 atom stereocenters. The number of nitrogens with one attached hydrogen (secondary N) is 2. The van der Waals surface area contributed by atoms with Crippen molar-refractivity contribution in [1.29, 1.82) is 5.26 Å². The zero-order valence-corrected chi connectivity index (χ0v) is 27.1. The van der Waals surface area contributed by atoms with Gasteiger partial charge in [0.2, 0.25) is 11.8 Å². The first-order valence-electron chi connectivity index (χ1n) is 16.3. The third-order valence-corrected chi connectivity index (χ3v) is 12.4. The van der Waals surface area contributed by atoms with Crippen LogP contribution in [0.4, 0.5) is 0 Å². The third-order valence-electron chi connectivity index (χ3n) is 12.0. The Balaban J connectivity index is 1.05. The second kappa shape index (κ2) is 11.2. The van der Waals surface area contributed by atoms with Gasteiger partial charge in [0, 0.05) is 66.0 Å². The number of nitriles is 1. The molecule has 2 bridgehead atoms. The summed E-state index contributed by atoms with van der Waals surface area (Å²) in [4.78, 5) is 32.6. The van der Waals surface area contributed by atoms with E-state index in [1.807, 2.05) is 0 Å². The molecule has 7 rings (SSSR count). The SMILES string of the molecule is CC1(C)C(NC(=O)C23CCC(C(=O)N4CCN(C5CCNCC5)CC4)(CC2)CC3)C(C)(C)C1Oc1ccc(C#N)c(Cl)c1. The molecule has 1 aromatic rings. The highest BCUT2D eigenvalue weighted by Gasteiger charge is 2.65. The Kier molecular flexibility index (Phi) is 8.01. The van der Waals surface area contributed by atoms with E-state index in [0.717, 1.165) is 77.8 Å². The van der Waals surface area contributed by atoms with Gasteiger partial charge in [0.05, 0.1) is 10.6 Å². The Morgan fingerprint density at radius 2 is 1.53 bits per heavy atom. The summed E-state index contributed by atoms with van der Waals surface area (Å²) < 4.78 is 6.42. The number of fused-ring (bicyclic) bond motifs is 3. The van der Waals surface area contributed by atoms with Gasteiger partial charge in [-0.05, 0) is 76.6 Å². The maximum absolute atomic E-state index is 14.0. The van der Waals surface area contributed by atoms with Crippen molar-refractivity contribution in [3.8, 4) is 11.8 Å². The highest BCUT2D eigenvalue weighted by molar-refractivity contribution is 6.31. The van der Waals surface area contributed by atoms with Gasteiger partial charge in [-0.15, -0.1) is 0 Å². The van der Waals surface area contributed by atoms with Crippen LogP contribution in [0.5, 0.6) is 5.75 Å². The van der Waals surface area contributed by atoms with Crippen LogP contribution in [-0.4, -0.2) is 79.1 Å². The molecule has 43 heavy (non-hydrogen) atoms. The molecule has 0 aromatic heterocycles. The second-order valence-corrected chi connectivity index (χ2v) is 15.6. The summed E-state index contributed by atoms with van der Waals surface area (Å²) in [5.41, 5.74) is -0.833. The Hall–Kier alpha value is -2.34. The Morgan fingerprint density at radius 1 is 0.953 bits per heavy atom. The Morgan fingerprint density at radius 3 is 2.09 bits per heavy atom. The summed E-state index contributed by atoms with van der Waals surface area (Å²) in [6.07, 6.45) is 7.09. The lowest BCUT2D eigenvalue weighted by Crippen LogP contribution is -2.75. The molecule has 2 saturated heterocycles. The molecular weight excluding hydrogens is 562 g/mol. The number of carbonyl (C=O) groups excluding carboxylic acids is 2. The Labute approximate surface area is 261 Å². The van der Waals surface area contributed by atoms with Crippen molar-refractivity contribution in [2.75, 3.05) is 39.3 Å². The quantitative estimate of drug-likeness (QED) is 0.483. The fourth-order valence-electron chi connectivity index (χ4n) is 9.52. The minimum Gasteiger partial charge on any atom is -0.489 e. The predicted octanol–water partition coefficient (Wildman–Crippen LogP) is 4.75. The third kappa shape index (κ3) is 5.23. The van der Waals surface area contributed by atoms with Gasteiger partial charge < -0.3 is 20.3 Å². The minimum atomic E-state index is -0.380. The van der Waals surface area contributed by atoms with Gasteiger partial charge in [0.25, 0.3) is 0 Å². The normalized spacial score (nSPS) is 33.7. The molecule has 4 saturated carbocycles. The number of piperidine rings is 1. The monoisotopic (exact) mass is 609 g/mol. The molecule has 2 amide bonds. The molecule has 6 aliphatic rings. The number of rotatable bonds is 6. The van der Waals surface area contributed by atoms with Crippen LogP contribution in [-0.2, 0) is 9.59 Å². The standard InChI is InChI=1S/C34H48ClN5O3/c1-31(2)27(32(3,4)28(31)43-25-6-5-23(22-36)26(35)21-25)38-29(41)33-9-12-34(13-10-33,14-11-33)30(42)40-19-17-39(18-20-40)24-7-15-37-16-8-24/h5-6,21,24,27-28,37H,7-20H2,1-4H3,(H,38,41). The lowest BCUT2D eigenvalue weighted by atomic mass is 9.48. The van der Waals surface area contributed by atoms with Gasteiger partial charge in [-0.2, -0.15) is 5.26 Å². The van der Waals surface area contributed by atoms with E-state index in [-0.39, 0.29) is 39.7 Å². The number of nitrogens with zero attached hydrogens (tertiary/aromatic N) is 3. The molecular formula is C34H48ClN5O3. The molecule has 0 spiro atoms. The van der Waals surface area contributed by atoms with E-state index >= 15 is 0 Å². The topological polar surface area (TPSA) is 97.7 Å². The molecule has 2 heterocycles. The van der Waals surface area contributed by atoms with E-state index in [2.05, 4.69) is 54.2 Å². The van der Waals surface area contributed by atoms with Crippen LogP contribution < -0.4 is 15.4 Å². The van der Waals surface area contributed by atoms with Crippen LogP contribution in [0.2, 0.25) is 5.02 Å². The van der Waals surface area contributed by atoms with Crippen molar-refractivity contribution < 1.29 is 14.3 Å². The van der Waals surface area contributed by atoms with Crippen molar-refractivity contribution in [3.05, 3.63) is 28.8 Å². The van der Waals surface area contributed by atoms with E-state index < -0.39 is 0 Å². The largest absolute Gasteiger partial charge is 0.489 e. The highest BCUT2D eigenvalue weighted by atomic mass is 35.5. The number of carbonyl (C=O) groups is 2. The maximum atomic E-state index is 14.0.